The van der Waals surface area contributed by atoms with Gasteiger partial charge in [0.15, 0.2) is 31.9 Å². The molecule has 0 aliphatic heterocycles. The van der Waals surface area contributed by atoms with Crippen molar-refractivity contribution < 1.29 is 47.5 Å². The molecule has 0 amide bonds. The van der Waals surface area contributed by atoms with Crippen molar-refractivity contribution in [3.05, 3.63) is 29.3 Å². The number of rotatable bonds is 28. The van der Waals surface area contributed by atoms with Gasteiger partial charge < -0.3 is 37.9 Å². The standard InChI is InChI=1S/C52H84O10/c1-37(2)19-18-20-38(3)43-24-25-44-42-23-22-40-33-41(26-28-51(40,4)45(42)27-29-52(43,44)5)62-48(53)21-16-14-12-10-9-11-13-15-17-30-58-50(54)39-31-46(59-34-55-6)49(61-36-57-8)47(32-39)60-35-56-7/h22,31-32,37-38,41-45H,9-21,23-30,33-36H2,1-8H3/t38-,41+,42+,43-,44+,45+,51+,52-/m1/s1. The topological polar surface area (TPSA) is 108 Å². The number of benzene rings is 1. The van der Waals surface area contributed by atoms with Crippen molar-refractivity contribution in [3.8, 4) is 17.2 Å². The molecule has 0 heterocycles. The first-order valence-corrected chi connectivity index (χ1v) is 24.5. The van der Waals surface area contributed by atoms with E-state index in [0.29, 0.717) is 18.4 Å². The molecule has 0 radical (unpaired) electrons. The molecule has 0 bridgehead atoms. The summed E-state index contributed by atoms with van der Waals surface area (Å²) in [5.74, 6) is 5.40. The molecular formula is C52H84O10. The van der Waals surface area contributed by atoms with Crippen molar-refractivity contribution in [2.45, 2.75) is 176 Å². The van der Waals surface area contributed by atoms with Crippen LogP contribution in [0.1, 0.15) is 180 Å². The molecule has 0 unspecified atom stereocenters. The minimum atomic E-state index is -0.473. The molecule has 10 heteroatoms. The highest BCUT2D eigenvalue weighted by molar-refractivity contribution is 5.91. The molecule has 10 nitrogen and oxygen atoms in total. The first kappa shape index (κ1) is 50.2. The van der Waals surface area contributed by atoms with Crippen LogP contribution in [0.2, 0.25) is 0 Å². The molecule has 8 atom stereocenters. The molecule has 4 aliphatic carbocycles. The van der Waals surface area contributed by atoms with Crippen molar-refractivity contribution in [1.82, 2.24) is 0 Å². The second-order valence-corrected chi connectivity index (χ2v) is 20.2. The number of allylic oxidation sites excluding steroid dienone is 1. The van der Waals surface area contributed by atoms with Crippen LogP contribution >= 0.6 is 0 Å². The zero-order valence-electron chi connectivity index (χ0n) is 40.0. The second kappa shape index (κ2) is 25.0. The summed E-state index contributed by atoms with van der Waals surface area (Å²) in [6.45, 7) is 12.8. The van der Waals surface area contributed by atoms with Crippen molar-refractivity contribution in [3.63, 3.8) is 0 Å². The lowest BCUT2D eigenvalue weighted by molar-refractivity contribution is -0.151. The molecule has 0 N–H and O–H groups in total. The van der Waals surface area contributed by atoms with Crippen LogP contribution in [0.5, 0.6) is 17.2 Å². The highest BCUT2D eigenvalue weighted by Crippen LogP contribution is 2.67. The fraction of sp³-hybridized carbons (Fsp3) is 0.808. The second-order valence-electron chi connectivity index (χ2n) is 20.2. The number of hydrogen-bond donors (Lipinski definition) is 0. The highest BCUT2D eigenvalue weighted by atomic mass is 16.7. The van der Waals surface area contributed by atoms with E-state index in [-0.39, 0.29) is 60.7 Å². The van der Waals surface area contributed by atoms with Gasteiger partial charge in [-0.1, -0.05) is 110 Å². The number of esters is 2. The van der Waals surface area contributed by atoms with E-state index in [1.807, 2.05) is 0 Å². The Labute approximate surface area is 375 Å². The number of hydrogen-bond acceptors (Lipinski definition) is 10. The molecule has 62 heavy (non-hydrogen) atoms. The average Bonchev–Trinajstić information content (AvgIpc) is 3.61. The lowest BCUT2D eigenvalue weighted by Gasteiger charge is -2.58. The van der Waals surface area contributed by atoms with Gasteiger partial charge in [-0.25, -0.2) is 4.79 Å². The molecule has 0 saturated heterocycles. The summed E-state index contributed by atoms with van der Waals surface area (Å²) in [6, 6.07) is 3.09. The van der Waals surface area contributed by atoms with Gasteiger partial charge in [0, 0.05) is 34.2 Å². The van der Waals surface area contributed by atoms with Crippen LogP contribution in [0.4, 0.5) is 0 Å². The Kier molecular flexibility index (Phi) is 20.3. The molecular weight excluding hydrogens is 785 g/mol. The van der Waals surface area contributed by atoms with E-state index in [9.17, 15) is 9.59 Å². The van der Waals surface area contributed by atoms with Gasteiger partial charge in [-0.3, -0.25) is 4.79 Å². The Morgan fingerprint density at radius 3 is 1.98 bits per heavy atom. The number of carbonyl (C=O) groups excluding carboxylic acids is 2. The zero-order chi connectivity index (χ0) is 44.5. The molecule has 352 valence electrons. The largest absolute Gasteiger partial charge is 0.463 e. The molecule has 1 aromatic rings. The number of carbonyl (C=O) groups is 2. The Balaban J connectivity index is 0.927. The van der Waals surface area contributed by atoms with E-state index in [4.69, 9.17) is 37.9 Å². The fourth-order valence-electron chi connectivity index (χ4n) is 12.3. The summed E-state index contributed by atoms with van der Waals surface area (Å²) in [6.07, 6.45) is 26.9. The van der Waals surface area contributed by atoms with Gasteiger partial charge >= 0.3 is 11.9 Å². The summed E-state index contributed by atoms with van der Waals surface area (Å²) >= 11 is 0. The number of ether oxygens (including phenoxy) is 8. The maximum atomic E-state index is 13.0. The Morgan fingerprint density at radius 2 is 1.34 bits per heavy atom. The minimum absolute atomic E-state index is 0.00521. The predicted octanol–water partition coefficient (Wildman–Crippen LogP) is 12.6. The number of fused-ring (bicyclic) bond motifs is 5. The SMILES string of the molecule is COCOc1cc(C(=O)OCCCCCCCCCCCC(=O)O[C@H]2CC[C@@]3(C)C(=CC[C@H]4[C@@H]5CC[C@H]([C@H](C)CCCC(C)C)[C@@]5(C)CC[C@@H]43)C2)cc(OCOC)c1OCOC. The van der Waals surface area contributed by atoms with Crippen molar-refractivity contribution in [2.75, 3.05) is 48.3 Å². The Hall–Kier alpha value is -2.82. The van der Waals surface area contributed by atoms with Gasteiger partial charge in [0.25, 0.3) is 0 Å². The van der Waals surface area contributed by atoms with Crippen molar-refractivity contribution in [1.29, 1.82) is 0 Å². The van der Waals surface area contributed by atoms with Gasteiger partial charge in [0.2, 0.25) is 5.75 Å². The third-order valence-electron chi connectivity index (χ3n) is 15.6. The van der Waals surface area contributed by atoms with E-state index in [1.165, 1.54) is 92.0 Å². The predicted molar refractivity (Wildman–Crippen MR) is 243 cm³/mol. The maximum absolute atomic E-state index is 13.0. The maximum Gasteiger partial charge on any atom is 0.338 e. The van der Waals surface area contributed by atoms with Gasteiger partial charge in [0.05, 0.1) is 12.2 Å². The van der Waals surface area contributed by atoms with Gasteiger partial charge in [-0.15, -0.1) is 0 Å². The smallest absolute Gasteiger partial charge is 0.338 e. The van der Waals surface area contributed by atoms with Crippen LogP contribution in [0, 0.1) is 46.3 Å². The molecule has 0 spiro atoms. The van der Waals surface area contributed by atoms with E-state index >= 15 is 0 Å². The summed E-state index contributed by atoms with van der Waals surface area (Å²) in [7, 11) is 4.52. The third-order valence-corrected chi connectivity index (χ3v) is 15.6. The van der Waals surface area contributed by atoms with Crippen LogP contribution in [0.25, 0.3) is 0 Å². The fourth-order valence-corrected chi connectivity index (χ4v) is 12.3. The van der Waals surface area contributed by atoms with Gasteiger partial charge in [-0.2, -0.15) is 0 Å². The van der Waals surface area contributed by atoms with E-state index in [1.54, 1.807) is 17.7 Å². The lowest BCUT2D eigenvalue weighted by atomic mass is 9.47. The molecule has 3 saturated carbocycles. The molecule has 3 fully saturated rings. The minimum Gasteiger partial charge on any atom is -0.463 e. The van der Waals surface area contributed by atoms with Crippen LogP contribution in [0.15, 0.2) is 23.8 Å². The molecule has 4 aliphatic rings. The number of unbranched alkanes of at least 4 members (excludes halogenated alkanes) is 8. The molecule has 0 aromatic heterocycles. The molecule has 1 aromatic carbocycles. The van der Waals surface area contributed by atoms with Gasteiger partial charge in [0.1, 0.15) is 6.10 Å². The van der Waals surface area contributed by atoms with Crippen LogP contribution in [-0.4, -0.2) is 66.4 Å². The first-order valence-electron chi connectivity index (χ1n) is 24.5. The van der Waals surface area contributed by atoms with Crippen LogP contribution in [0.3, 0.4) is 0 Å². The monoisotopic (exact) mass is 869 g/mol. The van der Waals surface area contributed by atoms with Crippen LogP contribution < -0.4 is 14.2 Å². The van der Waals surface area contributed by atoms with Crippen LogP contribution in [-0.2, 0) is 28.5 Å². The summed E-state index contributed by atoms with van der Waals surface area (Å²) < 4.78 is 43.8. The zero-order valence-corrected chi connectivity index (χ0v) is 40.0. The van der Waals surface area contributed by atoms with E-state index in [0.717, 1.165) is 93.3 Å². The van der Waals surface area contributed by atoms with Crippen molar-refractivity contribution >= 4 is 11.9 Å². The normalized spacial score (nSPS) is 27.1. The quantitative estimate of drug-likeness (QED) is 0.0349. The van der Waals surface area contributed by atoms with E-state index < -0.39 is 5.97 Å². The van der Waals surface area contributed by atoms with E-state index in [2.05, 4.69) is 40.7 Å². The first-order chi connectivity index (χ1) is 29.9. The average molecular weight is 869 g/mol. The van der Waals surface area contributed by atoms with Gasteiger partial charge in [-0.05, 0) is 116 Å². The lowest BCUT2D eigenvalue weighted by Crippen LogP contribution is -2.51. The summed E-state index contributed by atoms with van der Waals surface area (Å²) in [5.41, 5.74) is 2.68. The molecule has 5 rings (SSSR count). The van der Waals surface area contributed by atoms with Crippen molar-refractivity contribution in [2.24, 2.45) is 46.3 Å². The Morgan fingerprint density at radius 1 is 0.710 bits per heavy atom. The third kappa shape index (κ3) is 13.4. The summed E-state index contributed by atoms with van der Waals surface area (Å²) in [5, 5.41) is 0. The Bertz CT molecular complexity index is 1530. The highest BCUT2D eigenvalue weighted by Gasteiger charge is 2.59. The summed E-state index contributed by atoms with van der Waals surface area (Å²) in [4.78, 5) is 25.9. The number of methoxy groups -OCH3 is 3.